The van der Waals surface area contributed by atoms with Crippen LogP contribution in [0.15, 0.2) is 0 Å². The normalized spacial score (nSPS) is 33.6. The smallest absolute Gasteiger partial charge is 0.0882 e. The van der Waals surface area contributed by atoms with Crippen molar-refractivity contribution < 1.29 is 14.6 Å². The second-order valence-electron chi connectivity index (χ2n) is 4.52. The van der Waals surface area contributed by atoms with Crippen LogP contribution < -0.4 is 0 Å². The quantitative estimate of drug-likeness (QED) is 0.754. The molecular formula is C11H22O3. The van der Waals surface area contributed by atoms with E-state index in [4.69, 9.17) is 9.47 Å². The monoisotopic (exact) mass is 202 g/mol. The Labute approximate surface area is 86.4 Å². The van der Waals surface area contributed by atoms with Gasteiger partial charge in [0.2, 0.25) is 0 Å². The molecule has 0 amide bonds. The van der Waals surface area contributed by atoms with Crippen molar-refractivity contribution in [1.82, 2.24) is 0 Å². The summed E-state index contributed by atoms with van der Waals surface area (Å²) in [5, 5.41) is 10.2. The van der Waals surface area contributed by atoms with E-state index in [1.807, 2.05) is 13.8 Å². The van der Waals surface area contributed by atoms with E-state index in [2.05, 4.69) is 0 Å². The van der Waals surface area contributed by atoms with E-state index >= 15 is 0 Å². The zero-order chi connectivity index (χ0) is 10.6. The van der Waals surface area contributed by atoms with Gasteiger partial charge in [-0.1, -0.05) is 0 Å². The van der Waals surface area contributed by atoms with Gasteiger partial charge in [-0.3, -0.25) is 0 Å². The lowest BCUT2D eigenvalue weighted by Gasteiger charge is -2.35. The number of ether oxygens (including phenoxy) is 2. The van der Waals surface area contributed by atoms with Gasteiger partial charge in [0.1, 0.15) is 0 Å². The Hall–Kier alpha value is -0.120. The van der Waals surface area contributed by atoms with Crippen LogP contribution in [-0.2, 0) is 9.47 Å². The molecule has 14 heavy (non-hydrogen) atoms. The van der Waals surface area contributed by atoms with Crippen molar-refractivity contribution in [2.75, 3.05) is 13.7 Å². The summed E-state index contributed by atoms with van der Waals surface area (Å²) in [5.41, 5.74) is -0.612. The molecule has 3 heteroatoms. The van der Waals surface area contributed by atoms with Crippen LogP contribution in [0.25, 0.3) is 0 Å². The summed E-state index contributed by atoms with van der Waals surface area (Å²) in [4.78, 5) is 0. The highest BCUT2D eigenvalue weighted by Gasteiger charge is 2.33. The fourth-order valence-electron chi connectivity index (χ4n) is 1.83. The highest BCUT2D eigenvalue weighted by molar-refractivity contribution is 4.85. The number of hydrogen-bond acceptors (Lipinski definition) is 3. The van der Waals surface area contributed by atoms with E-state index in [0.717, 1.165) is 25.7 Å². The number of methoxy groups -OCH3 is 1. The molecule has 0 atom stereocenters. The molecule has 1 N–H and O–H groups in total. The lowest BCUT2D eigenvalue weighted by Crippen LogP contribution is -2.41. The molecule has 1 fully saturated rings. The highest BCUT2D eigenvalue weighted by Crippen LogP contribution is 2.30. The van der Waals surface area contributed by atoms with Gasteiger partial charge in [0, 0.05) is 7.11 Å². The van der Waals surface area contributed by atoms with Crippen molar-refractivity contribution in [3.05, 3.63) is 0 Å². The van der Waals surface area contributed by atoms with Gasteiger partial charge in [-0.25, -0.2) is 0 Å². The Balaban J connectivity index is 2.30. The first-order chi connectivity index (χ1) is 6.56. The summed E-state index contributed by atoms with van der Waals surface area (Å²) in [6.07, 6.45) is 3.98. The molecule has 1 aliphatic carbocycles. The molecule has 0 aromatic carbocycles. The van der Waals surface area contributed by atoms with Crippen LogP contribution in [-0.4, -0.2) is 36.6 Å². The molecule has 1 aliphatic rings. The minimum absolute atomic E-state index is 0.194. The molecule has 0 aliphatic heterocycles. The SMILES string of the molecule is COC1CCC(O)(COC(C)C)CC1. The summed E-state index contributed by atoms with van der Waals surface area (Å²) in [6, 6.07) is 0. The zero-order valence-electron chi connectivity index (χ0n) is 9.45. The first kappa shape index (κ1) is 12.0. The average Bonchev–Trinajstić information content (AvgIpc) is 2.16. The van der Waals surface area contributed by atoms with Crippen molar-refractivity contribution in [2.24, 2.45) is 0 Å². The predicted octanol–water partition coefficient (Wildman–Crippen LogP) is 1.73. The standard InChI is InChI=1S/C11H22O3/c1-9(2)14-8-11(12)6-4-10(13-3)5-7-11/h9-10,12H,4-8H2,1-3H3. The molecule has 0 aromatic heterocycles. The molecule has 0 radical (unpaired) electrons. The van der Waals surface area contributed by atoms with Crippen molar-refractivity contribution in [3.8, 4) is 0 Å². The van der Waals surface area contributed by atoms with Crippen LogP contribution in [0.4, 0.5) is 0 Å². The van der Waals surface area contributed by atoms with Crippen LogP contribution in [0, 0.1) is 0 Å². The first-order valence-corrected chi connectivity index (χ1v) is 5.42. The predicted molar refractivity (Wildman–Crippen MR) is 55.3 cm³/mol. The molecular weight excluding hydrogens is 180 g/mol. The van der Waals surface area contributed by atoms with Gasteiger partial charge in [-0.2, -0.15) is 0 Å². The number of hydrogen-bond donors (Lipinski definition) is 1. The van der Waals surface area contributed by atoms with E-state index in [-0.39, 0.29) is 6.10 Å². The molecule has 0 saturated heterocycles. The van der Waals surface area contributed by atoms with E-state index < -0.39 is 5.60 Å². The lowest BCUT2D eigenvalue weighted by atomic mass is 9.84. The Kier molecular flexibility index (Phi) is 4.35. The minimum Gasteiger partial charge on any atom is -0.387 e. The van der Waals surface area contributed by atoms with Gasteiger partial charge in [0.15, 0.2) is 0 Å². The summed E-state index contributed by atoms with van der Waals surface area (Å²) in [5.74, 6) is 0. The van der Waals surface area contributed by atoms with Gasteiger partial charge < -0.3 is 14.6 Å². The van der Waals surface area contributed by atoms with Gasteiger partial charge in [-0.15, -0.1) is 0 Å². The molecule has 3 nitrogen and oxygen atoms in total. The van der Waals surface area contributed by atoms with Crippen molar-refractivity contribution in [1.29, 1.82) is 0 Å². The Morgan fingerprint density at radius 1 is 1.36 bits per heavy atom. The molecule has 0 bridgehead atoms. The van der Waals surface area contributed by atoms with E-state index in [1.165, 1.54) is 0 Å². The largest absolute Gasteiger partial charge is 0.387 e. The maximum atomic E-state index is 10.2. The third-order valence-electron chi connectivity index (χ3n) is 2.88. The van der Waals surface area contributed by atoms with Crippen LogP contribution in [0.1, 0.15) is 39.5 Å². The Morgan fingerprint density at radius 2 is 1.93 bits per heavy atom. The molecule has 0 spiro atoms. The Bertz CT molecular complexity index is 160. The average molecular weight is 202 g/mol. The molecule has 0 unspecified atom stereocenters. The van der Waals surface area contributed by atoms with Gasteiger partial charge in [0.25, 0.3) is 0 Å². The topological polar surface area (TPSA) is 38.7 Å². The summed E-state index contributed by atoms with van der Waals surface area (Å²) >= 11 is 0. The van der Waals surface area contributed by atoms with Crippen LogP contribution in [0.5, 0.6) is 0 Å². The van der Waals surface area contributed by atoms with E-state index in [9.17, 15) is 5.11 Å². The zero-order valence-corrected chi connectivity index (χ0v) is 9.45. The Morgan fingerprint density at radius 3 is 2.36 bits per heavy atom. The van der Waals surface area contributed by atoms with Gasteiger partial charge in [0.05, 0.1) is 24.4 Å². The third kappa shape index (κ3) is 3.56. The fraction of sp³-hybridized carbons (Fsp3) is 1.00. The second kappa shape index (κ2) is 5.10. The van der Waals surface area contributed by atoms with E-state index in [1.54, 1.807) is 7.11 Å². The minimum atomic E-state index is -0.612. The molecule has 0 aromatic rings. The third-order valence-corrected chi connectivity index (χ3v) is 2.88. The first-order valence-electron chi connectivity index (χ1n) is 5.42. The maximum absolute atomic E-state index is 10.2. The van der Waals surface area contributed by atoms with Crippen LogP contribution >= 0.6 is 0 Å². The van der Waals surface area contributed by atoms with Crippen molar-refractivity contribution in [3.63, 3.8) is 0 Å². The van der Waals surface area contributed by atoms with Crippen LogP contribution in [0.3, 0.4) is 0 Å². The fourth-order valence-corrected chi connectivity index (χ4v) is 1.83. The summed E-state index contributed by atoms with van der Waals surface area (Å²) < 4.78 is 10.7. The number of rotatable bonds is 4. The van der Waals surface area contributed by atoms with Crippen molar-refractivity contribution >= 4 is 0 Å². The summed E-state index contributed by atoms with van der Waals surface area (Å²) in [6.45, 7) is 4.44. The van der Waals surface area contributed by atoms with Gasteiger partial charge in [-0.05, 0) is 39.5 Å². The lowest BCUT2D eigenvalue weighted by molar-refractivity contribution is -0.102. The molecule has 1 saturated carbocycles. The molecule has 0 heterocycles. The highest BCUT2D eigenvalue weighted by atomic mass is 16.5. The molecule has 84 valence electrons. The molecule has 1 rings (SSSR count). The van der Waals surface area contributed by atoms with Crippen molar-refractivity contribution in [2.45, 2.75) is 57.3 Å². The van der Waals surface area contributed by atoms with Gasteiger partial charge >= 0.3 is 0 Å². The maximum Gasteiger partial charge on any atom is 0.0882 e. The second-order valence-corrected chi connectivity index (χ2v) is 4.52. The summed E-state index contributed by atoms with van der Waals surface area (Å²) in [7, 11) is 1.74. The number of aliphatic hydroxyl groups is 1. The van der Waals surface area contributed by atoms with Crippen LogP contribution in [0.2, 0.25) is 0 Å². The van der Waals surface area contributed by atoms with E-state index in [0.29, 0.717) is 12.7 Å².